The molecule has 0 saturated carbocycles. The van der Waals surface area contributed by atoms with Crippen molar-refractivity contribution in [1.82, 2.24) is 9.88 Å². The van der Waals surface area contributed by atoms with Gasteiger partial charge in [-0.05, 0) is 30.4 Å². The fourth-order valence-electron chi connectivity index (χ4n) is 2.39. The first-order valence-electron chi connectivity index (χ1n) is 7.58. The molecule has 1 aromatic heterocycles. The number of benzene rings is 1. The van der Waals surface area contributed by atoms with Gasteiger partial charge in [0.15, 0.2) is 0 Å². The SMILES string of the molecule is COC(=O)CCCCCNC(=O)Cn1ccc2ccccc21. The maximum absolute atomic E-state index is 11.9. The molecule has 2 aromatic rings. The molecule has 5 heteroatoms. The van der Waals surface area contributed by atoms with E-state index >= 15 is 0 Å². The molecule has 1 heterocycles. The van der Waals surface area contributed by atoms with Crippen molar-refractivity contribution in [3.8, 4) is 0 Å². The van der Waals surface area contributed by atoms with Crippen molar-refractivity contribution < 1.29 is 14.3 Å². The maximum Gasteiger partial charge on any atom is 0.305 e. The highest BCUT2D eigenvalue weighted by atomic mass is 16.5. The second-order valence-electron chi connectivity index (χ2n) is 5.24. The Morgan fingerprint density at radius 1 is 1.14 bits per heavy atom. The predicted molar refractivity (Wildman–Crippen MR) is 85.4 cm³/mol. The minimum absolute atomic E-state index is 0.00863. The Morgan fingerprint density at radius 3 is 2.77 bits per heavy atom. The molecule has 1 aromatic carbocycles. The largest absolute Gasteiger partial charge is 0.469 e. The number of nitrogens with zero attached hydrogens (tertiary/aromatic N) is 1. The van der Waals surface area contributed by atoms with E-state index in [0.29, 0.717) is 19.5 Å². The number of para-hydroxylation sites is 1. The predicted octanol–water partition coefficient (Wildman–Crippen LogP) is 2.49. The van der Waals surface area contributed by atoms with Gasteiger partial charge in [-0.3, -0.25) is 9.59 Å². The molecule has 0 fully saturated rings. The summed E-state index contributed by atoms with van der Waals surface area (Å²) in [6.45, 7) is 0.967. The Kier molecular flexibility index (Phi) is 6.01. The summed E-state index contributed by atoms with van der Waals surface area (Å²) >= 11 is 0. The molecule has 1 amide bonds. The fourth-order valence-corrected chi connectivity index (χ4v) is 2.39. The quantitative estimate of drug-likeness (QED) is 0.602. The lowest BCUT2D eigenvalue weighted by atomic mass is 10.2. The van der Waals surface area contributed by atoms with Gasteiger partial charge in [-0.2, -0.15) is 0 Å². The number of esters is 1. The summed E-state index contributed by atoms with van der Waals surface area (Å²) in [5.74, 6) is -0.169. The van der Waals surface area contributed by atoms with Crippen LogP contribution >= 0.6 is 0 Å². The molecule has 2 rings (SSSR count). The minimum atomic E-state index is -0.177. The number of nitrogens with one attached hydrogen (secondary N) is 1. The normalized spacial score (nSPS) is 10.6. The summed E-state index contributed by atoms with van der Waals surface area (Å²) in [6, 6.07) is 10.0. The third-order valence-corrected chi connectivity index (χ3v) is 3.60. The van der Waals surface area contributed by atoms with Crippen LogP contribution in [0.2, 0.25) is 0 Å². The lowest BCUT2D eigenvalue weighted by molar-refractivity contribution is -0.140. The van der Waals surface area contributed by atoms with Gasteiger partial charge in [0.05, 0.1) is 7.11 Å². The highest BCUT2D eigenvalue weighted by Gasteiger charge is 2.05. The summed E-state index contributed by atoms with van der Waals surface area (Å²) in [5.41, 5.74) is 1.07. The lowest BCUT2D eigenvalue weighted by Crippen LogP contribution is -2.28. The number of ether oxygens (including phenoxy) is 1. The van der Waals surface area contributed by atoms with E-state index in [1.165, 1.54) is 7.11 Å². The minimum Gasteiger partial charge on any atom is -0.469 e. The molecule has 0 saturated heterocycles. The van der Waals surface area contributed by atoms with Crippen molar-refractivity contribution in [1.29, 1.82) is 0 Å². The van der Waals surface area contributed by atoms with E-state index in [9.17, 15) is 9.59 Å². The molecule has 0 spiro atoms. The van der Waals surface area contributed by atoms with Gasteiger partial charge in [0.1, 0.15) is 6.54 Å². The van der Waals surface area contributed by atoms with Gasteiger partial charge in [-0.15, -0.1) is 0 Å². The smallest absolute Gasteiger partial charge is 0.305 e. The number of carbonyl (C=O) groups is 2. The standard InChI is InChI=1S/C17H22N2O3/c1-22-17(21)9-3-2-6-11-18-16(20)13-19-12-10-14-7-4-5-8-15(14)19/h4-5,7-8,10,12H,2-3,6,9,11,13H2,1H3,(H,18,20). The van der Waals surface area contributed by atoms with Crippen molar-refractivity contribution >= 4 is 22.8 Å². The number of hydrogen-bond donors (Lipinski definition) is 1. The Morgan fingerprint density at radius 2 is 1.95 bits per heavy atom. The third-order valence-electron chi connectivity index (χ3n) is 3.60. The topological polar surface area (TPSA) is 60.3 Å². The van der Waals surface area contributed by atoms with Gasteiger partial charge >= 0.3 is 5.97 Å². The number of carbonyl (C=O) groups excluding carboxylic acids is 2. The monoisotopic (exact) mass is 302 g/mol. The third kappa shape index (κ3) is 4.62. The number of amides is 1. The second-order valence-corrected chi connectivity index (χ2v) is 5.24. The highest BCUT2D eigenvalue weighted by Crippen LogP contribution is 2.14. The van der Waals surface area contributed by atoms with Crippen LogP contribution in [-0.4, -0.2) is 30.1 Å². The average molecular weight is 302 g/mol. The zero-order chi connectivity index (χ0) is 15.8. The van der Waals surface area contributed by atoms with Crippen LogP contribution < -0.4 is 5.32 Å². The molecule has 5 nitrogen and oxygen atoms in total. The summed E-state index contributed by atoms with van der Waals surface area (Å²) < 4.78 is 6.52. The molecule has 22 heavy (non-hydrogen) atoms. The second kappa shape index (κ2) is 8.22. The van der Waals surface area contributed by atoms with Crippen molar-refractivity contribution in [2.24, 2.45) is 0 Å². The summed E-state index contributed by atoms with van der Waals surface area (Å²) in [5, 5.41) is 4.05. The van der Waals surface area contributed by atoms with E-state index in [1.807, 2.05) is 41.1 Å². The first-order valence-corrected chi connectivity index (χ1v) is 7.58. The van der Waals surface area contributed by atoms with Gasteiger partial charge in [-0.25, -0.2) is 0 Å². The maximum atomic E-state index is 11.9. The van der Waals surface area contributed by atoms with E-state index in [-0.39, 0.29) is 11.9 Å². The number of unbranched alkanes of at least 4 members (excludes halogenated alkanes) is 2. The van der Waals surface area contributed by atoms with Crippen LogP contribution in [-0.2, 0) is 20.9 Å². The van der Waals surface area contributed by atoms with Crippen molar-refractivity contribution in [3.05, 3.63) is 36.5 Å². The van der Waals surface area contributed by atoms with E-state index in [0.717, 1.165) is 30.2 Å². The van der Waals surface area contributed by atoms with E-state index in [2.05, 4.69) is 10.1 Å². The molecule has 118 valence electrons. The van der Waals surface area contributed by atoms with Crippen LogP contribution in [0.4, 0.5) is 0 Å². The molecule has 0 bridgehead atoms. The number of hydrogen-bond acceptors (Lipinski definition) is 3. The summed E-state index contributed by atoms with van der Waals surface area (Å²) in [7, 11) is 1.40. The Hall–Kier alpha value is -2.30. The fraction of sp³-hybridized carbons (Fsp3) is 0.412. The van der Waals surface area contributed by atoms with Crippen molar-refractivity contribution in [3.63, 3.8) is 0 Å². The molecule has 0 unspecified atom stereocenters. The van der Waals surface area contributed by atoms with E-state index in [4.69, 9.17) is 0 Å². The Balaban J connectivity index is 1.67. The van der Waals surface area contributed by atoms with Gasteiger partial charge in [-0.1, -0.05) is 24.6 Å². The molecule has 0 aliphatic rings. The van der Waals surface area contributed by atoms with Crippen molar-refractivity contribution in [2.45, 2.75) is 32.2 Å². The van der Waals surface area contributed by atoms with Crippen LogP contribution in [0.25, 0.3) is 10.9 Å². The molecule has 0 aliphatic carbocycles. The first-order chi connectivity index (χ1) is 10.7. The molecule has 0 atom stereocenters. The number of methoxy groups -OCH3 is 1. The molecular formula is C17H22N2O3. The van der Waals surface area contributed by atoms with Gasteiger partial charge in [0.2, 0.25) is 5.91 Å². The zero-order valence-corrected chi connectivity index (χ0v) is 12.9. The van der Waals surface area contributed by atoms with Crippen LogP contribution in [0.15, 0.2) is 36.5 Å². The summed E-state index contributed by atoms with van der Waals surface area (Å²) in [6.07, 6.45) is 4.95. The Bertz CT molecular complexity index is 634. The van der Waals surface area contributed by atoms with Gasteiger partial charge < -0.3 is 14.6 Å². The average Bonchev–Trinajstić information content (AvgIpc) is 2.93. The van der Waals surface area contributed by atoms with E-state index in [1.54, 1.807) is 0 Å². The van der Waals surface area contributed by atoms with E-state index < -0.39 is 0 Å². The van der Waals surface area contributed by atoms with Crippen LogP contribution in [0.1, 0.15) is 25.7 Å². The first kappa shape index (κ1) is 16.1. The molecule has 1 N–H and O–H groups in total. The highest BCUT2D eigenvalue weighted by molar-refractivity contribution is 5.83. The number of fused-ring (bicyclic) bond motifs is 1. The molecule has 0 radical (unpaired) electrons. The number of rotatable bonds is 8. The molecule has 0 aliphatic heterocycles. The summed E-state index contributed by atoms with van der Waals surface area (Å²) in [4.78, 5) is 22.9. The van der Waals surface area contributed by atoms with Gasteiger partial charge in [0.25, 0.3) is 0 Å². The zero-order valence-electron chi connectivity index (χ0n) is 12.9. The Labute approximate surface area is 130 Å². The van der Waals surface area contributed by atoms with Crippen molar-refractivity contribution in [2.75, 3.05) is 13.7 Å². The van der Waals surface area contributed by atoms with Gasteiger partial charge in [0, 0.05) is 24.7 Å². The lowest BCUT2D eigenvalue weighted by Gasteiger charge is -2.07. The number of aromatic nitrogens is 1. The van der Waals surface area contributed by atoms with Crippen LogP contribution in [0.5, 0.6) is 0 Å². The van der Waals surface area contributed by atoms with Crippen LogP contribution in [0, 0.1) is 0 Å². The van der Waals surface area contributed by atoms with Crippen LogP contribution in [0.3, 0.4) is 0 Å². The molecular weight excluding hydrogens is 280 g/mol.